The highest BCUT2D eigenvalue weighted by atomic mass is 14.0. The predicted molar refractivity (Wildman–Crippen MR) is 52.6 cm³/mol. The van der Waals surface area contributed by atoms with Crippen LogP contribution in [0.25, 0.3) is 0 Å². The maximum Gasteiger partial charge on any atom is -0.0277 e. The van der Waals surface area contributed by atoms with E-state index in [1.165, 1.54) is 11.1 Å². The van der Waals surface area contributed by atoms with Crippen LogP contribution in [0.5, 0.6) is 0 Å². The second-order valence-electron chi connectivity index (χ2n) is 2.53. The topological polar surface area (TPSA) is 0 Å². The second kappa shape index (κ2) is 5.96. The Morgan fingerprint density at radius 1 is 1.18 bits per heavy atom. The summed E-state index contributed by atoms with van der Waals surface area (Å²) in [5.41, 5.74) is 2.67. The fourth-order valence-corrected chi connectivity index (χ4v) is 0.867. The molecule has 0 radical (unpaired) electrons. The maximum absolute atomic E-state index is 2.18. The van der Waals surface area contributed by atoms with E-state index in [1.807, 2.05) is 0 Å². The number of hydrogen-bond acceptors (Lipinski definition) is 0. The third-order valence-electron chi connectivity index (χ3n) is 1.73. The van der Waals surface area contributed by atoms with Gasteiger partial charge >= 0.3 is 0 Å². The highest BCUT2D eigenvalue weighted by molar-refractivity contribution is 5.37. The molecule has 62 valence electrons. The number of allylic oxidation sites excluding steroid dienone is 6. The van der Waals surface area contributed by atoms with E-state index in [0.717, 1.165) is 6.42 Å². The molecule has 0 aliphatic carbocycles. The molecule has 0 atom stereocenters. The highest BCUT2D eigenvalue weighted by Gasteiger charge is 1.89. The van der Waals surface area contributed by atoms with Gasteiger partial charge in [0.15, 0.2) is 0 Å². The van der Waals surface area contributed by atoms with Gasteiger partial charge in [-0.1, -0.05) is 31.2 Å². The van der Waals surface area contributed by atoms with E-state index in [-0.39, 0.29) is 0 Å². The standard InChI is InChI=1S/C11H18/c1-5-8-9-11(7-3)10(4)6-2/h6-9H,5H2,1-4H3/b9-8-,10-6-,11-7-. The fraction of sp³-hybridized carbons (Fsp3) is 0.455. The summed E-state index contributed by atoms with van der Waals surface area (Å²) in [4.78, 5) is 0. The predicted octanol–water partition coefficient (Wildman–Crippen LogP) is 3.87. The first-order valence-corrected chi connectivity index (χ1v) is 4.22. The third kappa shape index (κ3) is 3.82. The lowest BCUT2D eigenvalue weighted by Gasteiger charge is -1.99. The molecular weight excluding hydrogens is 132 g/mol. The van der Waals surface area contributed by atoms with Crippen molar-refractivity contribution in [3.63, 3.8) is 0 Å². The molecule has 0 aliphatic rings. The van der Waals surface area contributed by atoms with Crippen LogP contribution in [0.2, 0.25) is 0 Å². The number of hydrogen-bond donors (Lipinski definition) is 0. The Hall–Kier alpha value is -0.780. The number of rotatable bonds is 3. The molecule has 0 rings (SSSR count). The van der Waals surface area contributed by atoms with Crippen molar-refractivity contribution in [3.8, 4) is 0 Å². The summed E-state index contributed by atoms with van der Waals surface area (Å²) in [6.45, 7) is 8.42. The van der Waals surface area contributed by atoms with Gasteiger partial charge in [0.05, 0.1) is 0 Å². The first-order chi connectivity index (χ1) is 5.26. The third-order valence-corrected chi connectivity index (χ3v) is 1.73. The van der Waals surface area contributed by atoms with Crippen molar-refractivity contribution in [2.24, 2.45) is 0 Å². The van der Waals surface area contributed by atoms with Crippen LogP contribution in [-0.4, -0.2) is 0 Å². The molecular formula is C11H18. The summed E-state index contributed by atoms with van der Waals surface area (Å²) in [6.07, 6.45) is 9.74. The lowest BCUT2D eigenvalue weighted by atomic mass is 10.1. The van der Waals surface area contributed by atoms with Crippen molar-refractivity contribution in [3.05, 3.63) is 35.5 Å². The Balaban J connectivity index is 4.32. The molecule has 0 spiro atoms. The first kappa shape index (κ1) is 10.2. The van der Waals surface area contributed by atoms with E-state index in [4.69, 9.17) is 0 Å². The summed E-state index contributed by atoms with van der Waals surface area (Å²) in [7, 11) is 0. The quantitative estimate of drug-likeness (QED) is 0.536. The van der Waals surface area contributed by atoms with Gasteiger partial charge < -0.3 is 0 Å². The Bertz CT molecular complexity index is 180. The van der Waals surface area contributed by atoms with E-state index >= 15 is 0 Å². The van der Waals surface area contributed by atoms with Crippen molar-refractivity contribution >= 4 is 0 Å². The molecule has 0 amide bonds. The van der Waals surface area contributed by atoms with Gasteiger partial charge in [0.25, 0.3) is 0 Å². The molecule has 0 unspecified atom stereocenters. The van der Waals surface area contributed by atoms with Crippen LogP contribution >= 0.6 is 0 Å². The van der Waals surface area contributed by atoms with Crippen LogP contribution in [-0.2, 0) is 0 Å². The Morgan fingerprint density at radius 3 is 2.18 bits per heavy atom. The van der Waals surface area contributed by atoms with Gasteiger partial charge in [-0.3, -0.25) is 0 Å². The van der Waals surface area contributed by atoms with Gasteiger partial charge in [-0.05, 0) is 38.3 Å². The lowest BCUT2D eigenvalue weighted by molar-refractivity contribution is 1.21. The lowest BCUT2D eigenvalue weighted by Crippen LogP contribution is -1.78. The van der Waals surface area contributed by atoms with Crippen molar-refractivity contribution in [2.45, 2.75) is 34.1 Å². The van der Waals surface area contributed by atoms with Crippen LogP contribution in [0.15, 0.2) is 35.5 Å². The summed E-state index contributed by atoms with van der Waals surface area (Å²) in [6, 6.07) is 0. The molecule has 0 heterocycles. The zero-order valence-electron chi connectivity index (χ0n) is 8.02. The molecule has 0 heteroatoms. The Morgan fingerprint density at radius 2 is 1.82 bits per heavy atom. The average molecular weight is 150 g/mol. The van der Waals surface area contributed by atoms with Gasteiger partial charge in [-0.25, -0.2) is 0 Å². The molecule has 0 aliphatic heterocycles. The van der Waals surface area contributed by atoms with Gasteiger partial charge in [0.1, 0.15) is 0 Å². The molecule has 0 fully saturated rings. The van der Waals surface area contributed by atoms with Crippen molar-refractivity contribution in [1.29, 1.82) is 0 Å². The normalized spacial score (nSPS) is 14.5. The Labute approximate surface area is 70.3 Å². The summed E-state index contributed by atoms with van der Waals surface area (Å²) >= 11 is 0. The van der Waals surface area contributed by atoms with Crippen LogP contribution in [0.1, 0.15) is 34.1 Å². The van der Waals surface area contributed by atoms with Crippen molar-refractivity contribution in [1.82, 2.24) is 0 Å². The van der Waals surface area contributed by atoms with Crippen LogP contribution in [0.3, 0.4) is 0 Å². The molecule has 0 N–H and O–H groups in total. The molecule has 0 saturated heterocycles. The van der Waals surface area contributed by atoms with E-state index in [9.17, 15) is 0 Å². The van der Waals surface area contributed by atoms with Crippen molar-refractivity contribution in [2.75, 3.05) is 0 Å². The molecule has 0 bridgehead atoms. The SMILES string of the molecule is C\C=C(C)/C(/C=C\CC)=C\C. The van der Waals surface area contributed by atoms with E-state index in [0.29, 0.717) is 0 Å². The van der Waals surface area contributed by atoms with E-state index in [2.05, 4.69) is 52.0 Å². The largest absolute Gasteiger partial charge is 0.0842 e. The molecule has 0 aromatic rings. The van der Waals surface area contributed by atoms with Crippen LogP contribution < -0.4 is 0 Å². The minimum atomic E-state index is 1.11. The second-order valence-corrected chi connectivity index (χ2v) is 2.53. The highest BCUT2D eigenvalue weighted by Crippen LogP contribution is 2.10. The van der Waals surface area contributed by atoms with Gasteiger partial charge in [0.2, 0.25) is 0 Å². The first-order valence-electron chi connectivity index (χ1n) is 4.22. The molecule has 11 heavy (non-hydrogen) atoms. The molecule has 0 aromatic carbocycles. The smallest absolute Gasteiger partial charge is 0.0277 e. The van der Waals surface area contributed by atoms with Gasteiger partial charge in [-0.2, -0.15) is 0 Å². The van der Waals surface area contributed by atoms with Crippen LogP contribution in [0.4, 0.5) is 0 Å². The summed E-state index contributed by atoms with van der Waals surface area (Å²) < 4.78 is 0. The fourth-order valence-electron chi connectivity index (χ4n) is 0.867. The van der Waals surface area contributed by atoms with Crippen molar-refractivity contribution < 1.29 is 0 Å². The Kier molecular flexibility index (Phi) is 5.54. The van der Waals surface area contributed by atoms with Crippen LogP contribution in [0, 0.1) is 0 Å². The van der Waals surface area contributed by atoms with E-state index in [1.54, 1.807) is 0 Å². The zero-order chi connectivity index (χ0) is 8.69. The molecule has 0 saturated carbocycles. The molecule has 0 aromatic heterocycles. The average Bonchev–Trinajstić information content (AvgIpc) is 2.05. The van der Waals surface area contributed by atoms with E-state index < -0.39 is 0 Å². The van der Waals surface area contributed by atoms with Gasteiger partial charge in [-0.15, -0.1) is 0 Å². The monoisotopic (exact) mass is 150 g/mol. The maximum atomic E-state index is 2.18. The summed E-state index contributed by atoms with van der Waals surface area (Å²) in [5.74, 6) is 0. The molecule has 0 nitrogen and oxygen atoms in total. The van der Waals surface area contributed by atoms with Gasteiger partial charge in [0, 0.05) is 0 Å². The minimum Gasteiger partial charge on any atom is -0.0842 e. The summed E-state index contributed by atoms with van der Waals surface area (Å²) in [5, 5.41) is 0. The minimum absolute atomic E-state index is 1.11. The zero-order valence-corrected chi connectivity index (χ0v) is 8.02.